The number of benzene rings is 2. The second kappa shape index (κ2) is 5.79. The molecule has 0 spiro atoms. The van der Waals surface area contributed by atoms with Gasteiger partial charge in [-0.2, -0.15) is 0 Å². The van der Waals surface area contributed by atoms with Crippen LogP contribution in [-0.4, -0.2) is 5.78 Å². The van der Waals surface area contributed by atoms with Gasteiger partial charge in [-0.1, -0.05) is 42.0 Å². The van der Waals surface area contributed by atoms with Crippen molar-refractivity contribution in [1.82, 2.24) is 0 Å². The summed E-state index contributed by atoms with van der Waals surface area (Å²) >= 11 is 0. The molecule has 2 rings (SSSR count). The molecule has 19 heavy (non-hydrogen) atoms. The normalized spacial score (nSPS) is 10.5. The minimum absolute atomic E-state index is 0.0144. The van der Waals surface area contributed by atoms with Crippen LogP contribution in [0.1, 0.15) is 33.5 Å². The maximum Gasteiger partial charge on any atom is 0.163 e. The molecule has 1 nitrogen and oxygen atoms in total. The molecule has 0 unspecified atom stereocenters. The summed E-state index contributed by atoms with van der Waals surface area (Å²) in [4.78, 5) is 12.0. The molecule has 0 bridgehead atoms. The van der Waals surface area contributed by atoms with Gasteiger partial charge in [-0.25, -0.2) is 4.39 Å². The van der Waals surface area contributed by atoms with E-state index in [1.165, 1.54) is 11.6 Å². The summed E-state index contributed by atoms with van der Waals surface area (Å²) in [5.74, 6) is -0.333. The number of rotatable bonds is 4. The molecule has 0 heterocycles. The van der Waals surface area contributed by atoms with Gasteiger partial charge >= 0.3 is 0 Å². The molecule has 0 aliphatic heterocycles. The average molecular weight is 256 g/mol. The van der Waals surface area contributed by atoms with Crippen LogP contribution in [0.15, 0.2) is 42.5 Å². The molecular weight excluding hydrogens is 239 g/mol. The Kier molecular flexibility index (Phi) is 4.10. The van der Waals surface area contributed by atoms with Crippen LogP contribution in [0.2, 0.25) is 0 Å². The Hall–Kier alpha value is -1.96. The summed E-state index contributed by atoms with van der Waals surface area (Å²) in [5, 5.41) is 0. The van der Waals surface area contributed by atoms with Crippen molar-refractivity contribution in [2.24, 2.45) is 0 Å². The second-order valence-electron chi connectivity index (χ2n) is 4.87. The predicted molar refractivity (Wildman–Crippen MR) is 75.0 cm³/mol. The number of Topliss-reactive ketones (excluding diaryl/α,β-unsaturated/α-hetero) is 1. The average Bonchev–Trinajstić information content (AvgIpc) is 2.41. The monoisotopic (exact) mass is 256 g/mol. The lowest BCUT2D eigenvalue weighted by molar-refractivity contribution is 0.0982. The minimum atomic E-state index is -0.318. The van der Waals surface area contributed by atoms with Gasteiger partial charge in [-0.15, -0.1) is 0 Å². The van der Waals surface area contributed by atoms with E-state index in [0.29, 0.717) is 24.0 Å². The van der Waals surface area contributed by atoms with E-state index in [0.717, 1.165) is 5.56 Å². The number of carbonyl (C=O) groups excluding carboxylic acids is 1. The number of halogens is 1. The van der Waals surface area contributed by atoms with Crippen LogP contribution < -0.4 is 0 Å². The molecular formula is C17H17FO. The van der Waals surface area contributed by atoms with Gasteiger partial charge in [0.05, 0.1) is 0 Å². The highest BCUT2D eigenvalue weighted by Crippen LogP contribution is 2.13. The van der Waals surface area contributed by atoms with Crippen molar-refractivity contribution >= 4 is 5.78 Å². The summed E-state index contributed by atoms with van der Waals surface area (Å²) in [5.41, 5.74) is 3.35. The van der Waals surface area contributed by atoms with Crippen molar-refractivity contribution in [3.63, 3.8) is 0 Å². The van der Waals surface area contributed by atoms with Crippen LogP contribution >= 0.6 is 0 Å². The fraction of sp³-hybridized carbons (Fsp3) is 0.235. The number of hydrogen-bond acceptors (Lipinski definition) is 1. The highest BCUT2D eigenvalue weighted by atomic mass is 19.1. The predicted octanol–water partition coefficient (Wildman–Crippen LogP) is 4.26. The zero-order chi connectivity index (χ0) is 13.8. The number of ketones is 1. The van der Waals surface area contributed by atoms with Crippen molar-refractivity contribution in [3.8, 4) is 0 Å². The van der Waals surface area contributed by atoms with E-state index < -0.39 is 0 Å². The molecule has 98 valence electrons. The van der Waals surface area contributed by atoms with E-state index in [9.17, 15) is 9.18 Å². The first-order valence-corrected chi connectivity index (χ1v) is 6.41. The van der Waals surface area contributed by atoms with Gasteiger partial charge in [-0.3, -0.25) is 4.79 Å². The number of aryl methyl sites for hydroxylation is 3. The summed E-state index contributed by atoms with van der Waals surface area (Å²) in [6, 6.07) is 12.8. The number of carbonyl (C=O) groups is 1. The first kappa shape index (κ1) is 13.5. The molecule has 2 aromatic carbocycles. The van der Waals surface area contributed by atoms with Crippen molar-refractivity contribution in [2.75, 3.05) is 0 Å². The van der Waals surface area contributed by atoms with E-state index in [2.05, 4.69) is 0 Å². The Morgan fingerprint density at radius 2 is 1.74 bits per heavy atom. The Morgan fingerprint density at radius 1 is 1.05 bits per heavy atom. The highest BCUT2D eigenvalue weighted by molar-refractivity contribution is 5.96. The molecule has 0 fully saturated rings. The smallest absolute Gasteiger partial charge is 0.163 e. The molecule has 0 atom stereocenters. The van der Waals surface area contributed by atoms with E-state index in [4.69, 9.17) is 0 Å². The van der Waals surface area contributed by atoms with E-state index in [1.54, 1.807) is 19.1 Å². The SMILES string of the molecule is Cc1ccc(CCC(=O)c2ccc(C)c(F)c2)cc1. The fourth-order valence-electron chi connectivity index (χ4n) is 1.92. The molecule has 0 saturated heterocycles. The third-order valence-corrected chi connectivity index (χ3v) is 3.26. The summed E-state index contributed by atoms with van der Waals surface area (Å²) in [6.45, 7) is 3.72. The first-order chi connectivity index (χ1) is 9.06. The van der Waals surface area contributed by atoms with Crippen LogP contribution in [0.4, 0.5) is 4.39 Å². The van der Waals surface area contributed by atoms with Crippen LogP contribution in [-0.2, 0) is 6.42 Å². The largest absolute Gasteiger partial charge is 0.294 e. The van der Waals surface area contributed by atoms with Crippen LogP contribution in [0.3, 0.4) is 0 Å². The van der Waals surface area contributed by atoms with Gasteiger partial charge in [0.1, 0.15) is 5.82 Å². The minimum Gasteiger partial charge on any atom is -0.294 e. The van der Waals surface area contributed by atoms with Gasteiger partial charge in [0, 0.05) is 12.0 Å². The van der Waals surface area contributed by atoms with E-state index >= 15 is 0 Å². The van der Waals surface area contributed by atoms with Crippen molar-refractivity contribution < 1.29 is 9.18 Å². The molecule has 0 aromatic heterocycles. The van der Waals surface area contributed by atoms with Crippen molar-refractivity contribution in [3.05, 3.63) is 70.5 Å². The van der Waals surface area contributed by atoms with Gasteiger partial charge in [0.15, 0.2) is 5.78 Å². The lowest BCUT2D eigenvalue weighted by Crippen LogP contribution is -2.02. The van der Waals surface area contributed by atoms with Crippen LogP contribution in [0.25, 0.3) is 0 Å². The Balaban J connectivity index is 2.01. The number of hydrogen-bond donors (Lipinski definition) is 0. The maximum absolute atomic E-state index is 13.4. The summed E-state index contributed by atoms with van der Waals surface area (Å²) in [6.07, 6.45) is 1.10. The third-order valence-electron chi connectivity index (χ3n) is 3.26. The topological polar surface area (TPSA) is 17.1 Å². The molecule has 0 N–H and O–H groups in total. The zero-order valence-electron chi connectivity index (χ0n) is 11.2. The Labute approximate surface area is 113 Å². The quantitative estimate of drug-likeness (QED) is 0.747. The van der Waals surface area contributed by atoms with E-state index in [1.807, 2.05) is 31.2 Å². The lowest BCUT2D eigenvalue weighted by atomic mass is 10.0. The molecule has 2 aromatic rings. The zero-order valence-corrected chi connectivity index (χ0v) is 11.2. The summed E-state index contributed by atoms with van der Waals surface area (Å²) in [7, 11) is 0. The standard InChI is InChI=1S/C17H17FO/c1-12-3-6-14(7-4-12)8-10-17(19)15-9-5-13(2)16(18)11-15/h3-7,9,11H,8,10H2,1-2H3. The van der Waals surface area contributed by atoms with Gasteiger partial charge in [-0.05, 0) is 37.5 Å². The van der Waals surface area contributed by atoms with Crippen molar-refractivity contribution in [1.29, 1.82) is 0 Å². The van der Waals surface area contributed by atoms with Crippen LogP contribution in [0.5, 0.6) is 0 Å². The third kappa shape index (κ3) is 3.50. The lowest BCUT2D eigenvalue weighted by Gasteiger charge is -2.04. The Morgan fingerprint density at radius 3 is 2.37 bits per heavy atom. The van der Waals surface area contributed by atoms with Crippen LogP contribution in [0, 0.1) is 19.7 Å². The van der Waals surface area contributed by atoms with Crippen molar-refractivity contribution in [2.45, 2.75) is 26.7 Å². The molecule has 0 aliphatic carbocycles. The van der Waals surface area contributed by atoms with Gasteiger partial charge < -0.3 is 0 Å². The van der Waals surface area contributed by atoms with Gasteiger partial charge in [0.25, 0.3) is 0 Å². The molecule has 0 radical (unpaired) electrons. The fourth-order valence-corrected chi connectivity index (χ4v) is 1.92. The van der Waals surface area contributed by atoms with Gasteiger partial charge in [0.2, 0.25) is 0 Å². The molecule has 0 aliphatic rings. The Bertz CT molecular complexity index is 585. The molecule has 0 saturated carbocycles. The maximum atomic E-state index is 13.4. The first-order valence-electron chi connectivity index (χ1n) is 6.41. The summed E-state index contributed by atoms with van der Waals surface area (Å²) < 4.78 is 13.4. The highest BCUT2D eigenvalue weighted by Gasteiger charge is 2.08. The second-order valence-corrected chi connectivity index (χ2v) is 4.87. The van der Waals surface area contributed by atoms with E-state index in [-0.39, 0.29) is 11.6 Å². The molecule has 2 heteroatoms. The molecule has 0 amide bonds.